The summed E-state index contributed by atoms with van der Waals surface area (Å²) in [5.41, 5.74) is 1.69. The molecular formula is C15H24O2. The minimum absolute atomic E-state index is 0.515. The van der Waals surface area contributed by atoms with Crippen LogP contribution in [0.3, 0.4) is 0 Å². The molecule has 1 aromatic carbocycles. The van der Waals surface area contributed by atoms with Gasteiger partial charge in [-0.15, -0.1) is 0 Å². The van der Waals surface area contributed by atoms with Crippen LogP contribution < -0.4 is 0 Å². The van der Waals surface area contributed by atoms with E-state index >= 15 is 0 Å². The Labute approximate surface area is 105 Å². The summed E-state index contributed by atoms with van der Waals surface area (Å²) in [5.74, 6) is 0.515. The van der Waals surface area contributed by atoms with E-state index in [-0.39, 0.29) is 0 Å². The summed E-state index contributed by atoms with van der Waals surface area (Å²) in [6, 6.07) is 8.14. The van der Waals surface area contributed by atoms with E-state index in [0.717, 1.165) is 12.0 Å². The molecule has 2 atom stereocenters. The predicted octanol–water partition coefficient (Wildman–Crippen LogP) is 3.66. The van der Waals surface area contributed by atoms with Gasteiger partial charge in [-0.3, -0.25) is 0 Å². The normalized spacial score (nSPS) is 16.9. The molecule has 1 N–H and O–H groups in total. The van der Waals surface area contributed by atoms with Gasteiger partial charge < -0.3 is 9.84 Å². The molecule has 0 amide bonds. The Bertz CT molecular complexity index is 336. The van der Waals surface area contributed by atoms with Gasteiger partial charge in [-0.2, -0.15) is 0 Å². The van der Waals surface area contributed by atoms with Crippen molar-refractivity contribution in [2.45, 2.75) is 51.7 Å². The Morgan fingerprint density at radius 1 is 1.18 bits per heavy atom. The van der Waals surface area contributed by atoms with Gasteiger partial charge in [0.25, 0.3) is 0 Å². The Morgan fingerprint density at radius 2 is 1.65 bits per heavy atom. The maximum Gasteiger partial charge on any atom is 0.108 e. The third-order valence-corrected chi connectivity index (χ3v) is 3.67. The van der Waals surface area contributed by atoms with Crippen molar-refractivity contribution in [2.24, 2.45) is 0 Å². The van der Waals surface area contributed by atoms with Crippen LogP contribution in [0.5, 0.6) is 0 Å². The molecule has 2 unspecified atom stereocenters. The zero-order valence-electron chi connectivity index (χ0n) is 11.5. The number of benzene rings is 1. The molecule has 0 aliphatic rings. The molecule has 2 heteroatoms. The molecular weight excluding hydrogens is 212 g/mol. The number of hydrogen-bond donors (Lipinski definition) is 1. The molecule has 0 aliphatic carbocycles. The van der Waals surface area contributed by atoms with Crippen LogP contribution in [0, 0.1) is 0 Å². The van der Waals surface area contributed by atoms with Gasteiger partial charge in [0.1, 0.15) is 6.10 Å². The zero-order chi connectivity index (χ0) is 13.1. The van der Waals surface area contributed by atoms with Crippen molar-refractivity contribution >= 4 is 0 Å². The molecule has 0 radical (unpaired) electrons. The fourth-order valence-corrected chi connectivity index (χ4v) is 1.87. The highest BCUT2D eigenvalue weighted by Crippen LogP contribution is 2.32. The molecule has 0 saturated heterocycles. The van der Waals surface area contributed by atoms with E-state index in [1.807, 2.05) is 26.0 Å². The first-order valence-electron chi connectivity index (χ1n) is 6.27. The summed E-state index contributed by atoms with van der Waals surface area (Å²) >= 11 is 0. The molecule has 0 fully saturated rings. The molecule has 0 aromatic heterocycles. The van der Waals surface area contributed by atoms with Crippen molar-refractivity contribution in [3.63, 3.8) is 0 Å². The highest BCUT2D eigenvalue weighted by molar-refractivity contribution is 5.27. The van der Waals surface area contributed by atoms with Gasteiger partial charge in [0.2, 0.25) is 0 Å². The second-order valence-electron chi connectivity index (χ2n) is 5.09. The molecule has 0 spiro atoms. The second-order valence-corrected chi connectivity index (χ2v) is 5.09. The number of ether oxygens (including phenoxy) is 1. The quantitative estimate of drug-likeness (QED) is 0.845. The van der Waals surface area contributed by atoms with Gasteiger partial charge in [-0.25, -0.2) is 0 Å². The third kappa shape index (κ3) is 3.08. The monoisotopic (exact) mass is 236 g/mol. The minimum atomic E-state index is -0.585. The second kappa shape index (κ2) is 5.65. The van der Waals surface area contributed by atoms with Crippen molar-refractivity contribution in [1.82, 2.24) is 0 Å². The molecule has 1 aromatic rings. The maximum atomic E-state index is 10.3. The third-order valence-electron chi connectivity index (χ3n) is 3.67. The van der Waals surface area contributed by atoms with E-state index < -0.39 is 11.7 Å². The Hall–Kier alpha value is -0.860. The van der Waals surface area contributed by atoms with Crippen molar-refractivity contribution in [3.8, 4) is 0 Å². The average Bonchev–Trinajstić information content (AvgIpc) is 2.37. The molecule has 2 nitrogen and oxygen atoms in total. The van der Waals surface area contributed by atoms with Crippen LogP contribution in [0.1, 0.15) is 57.3 Å². The van der Waals surface area contributed by atoms with E-state index in [0.29, 0.717) is 5.92 Å². The first-order valence-corrected chi connectivity index (χ1v) is 6.27. The fraction of sp³-hybridized carbons (Fsp3) is 0.600. The highest BCUT2D eigenvalue weighted by atomic mass is 16.5. The molecule has 0 aliphatic heterocycles. The minimum Gasteiger partial charge on any atom is -0.385 e. The smallest absolute Gasteiger partial charge is 0.108 e. The van der Waals surface area contributed by atoms with E-state index in [1.165, 1.54) is 5.56 Å². The van der Waals surface area contributed by atoms with Crippen molar-refractivity contribution in [3.05, 3.63) is 35.4 Å². The lowest BCUT2D eigenvalue weighted by Gasteiger charge is -2.32. The lowest BCUT2D eigenvalue weighted by Crippen LogP contribution is -2.34. The van der Waals surface area contributed by atoms with Crippen molar-refractivity contribution < 1.29 is 9.84 Å². The molecule has 0 heterocycles. The van der Waals surface area contributed by atoms with E-state index in [4.69, 9.17) is 4.74 Å². The highest BCUT2D eigenvalue weighted by Gasteiger charge is 2.32. The van der Waals surface area contributed by atoms with Gasteiger partial charge in [0.05, 0.1) is 5.60 Å². The van der Waals surface area contributed by atoms with E-state index in [1.54, 1.807) is 7.11 Å². The van der Waals surface area contributed by atoms with Crippen LogP contribution in [0.15, 0.2) is 24.3 Å². The predicted molar refractivity (Wildman–Crippen MR) is 71.2 cm³/mol. The standard InChI is InChI=1S/C15H24O2/c1-6-15(4,17-5)14(16)13-9-7-12(8-10-13)11(2)3/h7-11,14,16H,6H2,1-5H3. The van der Waals surface area contributed by atoms with Crippen LogP contribution in [0.2, 0.25) is 0 Å². The van der Waals surface area contributed by atoms with Gasteiger partial charge in [-0.1, -0.05) is 45.0 Å². The first kappa shape index (κ1) is 14.2. The van der Waals surface area contributed by atoms with Gasteiger partial charge in [0.15, 0.2) is 0 Å². The number of methoxy groups -OCH3 is 1. The number of hydrogen-bond acceptors (Lipinski definition) is 2. The number of aliphatic hydroxyl groups is 1. The van der Waals surface area contributed by atoms with Crippen LogP contribution in [0.25, 0.3) is 0 Å². The molecule has 0 saturated carbocycles. The maximum absolute atomic E-state index is 10.3. The summed E-state index contributed by atoms with van der Waals surface area (Å²) in [5, 5.41) is 10.3. The van der Waals surface area contributed by atoms with Crippen molar-refractivity contribution in [2.75, 3.05) is 7.11 Å². The summed E-state index contributed by atoms with van der Waals surface area (Å²) in [6.45, 7) is 8.29. The van der Waals surface area contributed by atoms with Gasteiger partial charge >= 0.3 is 0 Å². The molecule has 0 bridgehead atoms. The number of aliphatic hydroxyl groups excluding tert-OH is 1. The molecule has 96 valence electrons. The molecule has 1 rings (SSSR count). The first-order chi connectivity index (χ1) is 7.94. The topological polar surface area (TPSA) is 29.5 Å². The number of rotatable bonds is 5. The Kier molecular flexibility index (Phi) is 4.72. The lowest BCUT2D eigenvalue weighted by atomic mass is 9.89. The Morgan fingerprint density at radius 3 is 2.00 bits per heavy atom. The fourth-order valence-electron chi connectivity index (χ4n) is 1.87. The average molecular weight is 236 g/mol. The van der Waals surface area contributed by atoms with E-state index in [2.05, 4.69) is 26.0 Å². The van der Waals surface area contributed by atoms with Gasteiger partial charge in [-0.05, 0) is 30.4 Å². The molecule has 17 heavy (non-hydrogen) atoms. The summed E-state index contributed by atoms with van der Waals surface area (Å²) < 4.78 is 5.43. The summed E-state index contributed by atoms with van der Waals surface area (Å²) in [4.78, 5) is 0. The van der Waals surface area contributed by atoms with Gasteiger partial charge in [0, 0.05) is 7.11 Å². The summed E-state index contributed by atoms with van der Waals surface area (Å²) in [7, 11) is 1.65. The van der Waals surface area contributed by atoms with Crippen LogP contribution in [-0.4, -0.2) is 17.8 Å². The SMILES string of the molecule is CCC(C)(OC)C(O)c1ccc(C(C)C)cc1. The lowest BCUT2D eigenvalue weighted by molar-refractivity contribution is -0.0944. The van der Waals surface area contributed by atoms with Crippen LogP contribution in [-0.2, 0) is 4.74 Å². The van der Waals surface area contributed by atoms with E-state index in [9.17, 15) is 5.11 Å². The van der Waals surface area contributed by atoms with Crippen LogP contribution >= 0.6 is 0 Å². The Balaban J connectivity index is 2.93. The zero-order valence-corrected chi connectivity index (χ0v) is 11.5. The van der Waals surface area contributed by atoms with Crippen molar-refractivity contribution in [1.29, 1.82) is 0 Å². The summed E-state index contributed by atoms with van der Waals surface area (Å²) in [6.07, 6.45) is 0.190. The van der Waals surface area contributed by atoms with Crippen LogP contribution in [0.4, 0.5) is 0 Å². The largest absolute Gasteiger partial charge is 0.385 e.